The van der Waals surface area contributed by atoms with Crippen molar-refractivity contribution >= 4 is 11.3 Å². The zero-order chi connectivity index (χ0) is 38.5. The van der Waals surface area contributed by atoms with Crippen LogP contribution in [0.25, 0.3) is 5.57 Å². The van der Waals surface area contributed by atoms with E-state index in [9.17, 15) is 0 Å². The standard InChI is InChI=1S/C15H22.C10H13N.C8H10.C7H15N.2C4H10/c1-5-6-7-8-13(3)15-10-9-12(2)14(4)11-15;1-7(2)9-5-6-10(11-9)8-3-4-8;1-7-5-3-4-6-8(7)2;1-5-6-8(4)7(2)3;2*1-3-4-2/h9-11H,3,5-8H2,1-2,4H3;5,8H,1,3-4,6H2,2H3;3-6H,1-2H3;2,5-6H2,1,3-4H3;2*3-4H2,1-2H3. The number of hydrogen-bond donors (Lipinski definition) is 0. The molecule has 0 N–H and O–H groups in total. The van der Waals surface area contributed by atoms with Crippen LogP contribution in [0, 0.1) is 33.6 Å². The molecular formula is C48H80N2. The average Bonchev–Trinajstić information content (AvgIpc) is 3.83. The summed E-state index contributed by atoms with van der Waals surface area (Å²) in [6.45, 7) is 38.7. The molecule has 0 amide bonds. The minimum atomic E-state index is 0.822. The molecule has 2 nitrogen and oxygen atoms in total. The molecule has 1 saturated carbocycles. The molecule has 1 heterocycles. The third kappa shape index (κ3) is 24.9. The Morgan fingerprint density at radius 3 is 1.56 bits per heavy atom. The fourth-order valence-electron chi connectivity index (χ4n) is 4.27. The van der Waals surface area contributed by atoms with Gasteiger partial charge in [-0.15, -0.1) is 0 Å². The Balaban J connectivity index is 0. The average molecular weight is 685 g/mol. The van der Waals surface area contributed by atoms with Gasteiger partial charge >= 0.3 is 0 Å². The molecule has 1 fully saturated rings. The van der Waals surface area contributed by atoms with Gasteiger partial charge in [-0.2, -0.15) is 0 Å². The molecule has 0 atom stereocenters. The van der Waals surface area contributed by atoms with Crippen LogP contribution < -0.4 is 0 Å². The van der Waals surface area contributed by atoms with Crippen LogP contribution in [-0.4, -0.2) is 24.2 Å². The van der Waals surface area contributed by atoms with Gasteiger partial charge in [0.15, 0.2) is 0 Å². The maximum Gasteiger partial charge on any atom is 0.0616 e. The summed E-state index contributed by atoms with van der Waals surface area (Å²) in [4.78, 5) is 6.68. The lowest BCUT2D eigenvalue weighted by Crippen LogP contribution is -2.15. The number of benzene rings is 2. The minimum absolute atomic E-state index is 0.822. The minimum Gasteiger partial charge on any atom is -0.379 e. The van der Waals surface area contributed by atoms with E-state index < -0.39 is 0 Å². The molecule has 0 unspecified atom stereocenters. The van der Waals surface area contributed by atoms with E-state index >= 15 is 0 Å². The smallest absolute Gasteiger partial charge is 0.0616 e. The van der Waals surface area contributed by atoms with Crippen molar-refractivity contribution in [3.8, 4) is 0 Å². The van der Waals surface area contributed by atoms with Gasteiger partial charge in [0.05, 0.1) is 5.70 Å². The van der Waals surface area contributed by atoms with E-state index in [4.69, 9.17) is 0 Å². The third-order valence-corrected chi connectivity index (χ3v) is 8.89. The Morgan fingerprint density at radius 1 is 0.700 bits per heavy atom. The van der Waals surface area contributed by atoms with Crippen LogP contribution in [0.5, 0.6) is 0 Å². The van der Waals surface area contributed by atoms with Crippen molar-refractivity contribution in [3.05, 3.63) is 113 Å². The summed E-state index contributed by atoms with van der Waals surface area (Å²) in [5.74, 6) is 0.822. The lowest BCUT2D eigenvalue weighted by molar-refractivity contribution is 0.420. The van der Waals surface area contributed by atoms with E-state index in [-0.39, 0.29) is 0 Å². The van der Waals surface area contributed by atoms with Gasteiger partial charge in [0.25, 0.3) is 0 Å². The highest BCUT2D eigenvalue weighted by Crippen LogP contribution is 2.35. The van der Waals surface area contributed by atoms with Gasteiger partial charge in [-0.05, 0) is 119 Å². The Morgan fingerprint density at radius 2 is 1.22 bits per heavy atom. The molecule has 4 rings (SSSR count). The van der Waals surface area contributed by atoms with Crippen molar-refractivity contribution in [1.82, 2.24) is 4.90 Å². The van der Waals surface area contributed by atoms with Crippen LogP contribution in [0.2, 0.25) is 0 Å². The van der Waals surface area contributed by atoms with Gasteiger partial charge in [0.2, 0.25) is 0 Å². The quantitative estimate of drug-likeness (QED) is 0.203. The number of hydrogen-bond acceptors (Lipinski definition) is 2. The predicted octanol–water partition coefficient (Wildman–Crippen LogP) is 15.4. The molecule has 2 heteroatoms. The van der Waals surface area contributed by atoms with E-state index in [1.807, 2.05) is 13.8 Å². The third-order valence-electron chi connectivity index (χ3n) is 8.89. The van der Waals surface area contributed by atoms with Gasteiger partial charge in [-0.3, -0.25) is 4.99 Å². The van der Waals surface area contributed by atoms with Crippen LogP contribution >= 0.6 is 0 Å². The van der Waals surface area contributed by atoms with Crippen LogP contribution in [-0.2, 0) is 0 Å². The first-order chi connectivity index (χ1) is 23.7. The van der Waals surface area contributed by atoms with E-state index in [0.717, 1.165) is 42.3 Å². The maximum atomic E-state index is 4.53. The zero-order valence-electron chi connectivity index (χ0n) is 35.4. The molecule has 0 aromatic heterocycles. The zero-order valence-corrected chi connectivity index (χ0v) is 35.4. The molecule has 2 aromatic carbocycles. The van der Waals surface area contributed by atoms with Crippen molar-refractivity contribution < 1.29 is 0 Å². The van der Waals surface area contributed by atoms with Crippen LogP contribution in [0.3, 0.4) is 0 Å². The highest BCUT2D eigenvalue weighted by atomic mass is 15.1. The van der Waals surface area contributed by atoms with E-state index in [1.54, 1.807) is 0 Å². The number of aryl methyl sites for hydroxylation is 4. The lowest BCUT2D eigenvalue weighted by Gasteiger charge is -2.16. The summed E-state index contributed by atoms with van der Waals surface area (Å²) < 4.78 is 0. The fourth-order valence-corrected chi connectivity index (χ4v) is 4.27. The Hall–Kier alpha value is -3.13. The van der Waals surface area contributed by atoms with Crippen LogP contribution in [0.1, 0.15) is 160 Å². The second-order valence-electron chi connectivity index (χ2n) is 14.1. The van der Waals surface area contributed by atoms with Crippen molar-refractivity contribution in [2.45, 2.75) is 160 Å². The molecule has 0 radical (unpaired) electrons. The number of nitrogens with zero attached hydrogens (tertiary/aromatic N) is 2. The number of aliphatic imine (C=N–C) groups is 1. The molecule has 282 valence electrons. The molecule has 50 heavy (non-hydrogen) atoms. The van der Waals surface area contributed by atoms with Crippen molar-refractivity contribution in [2.75, 3.05) is 13.6 Å². The van der Waals surface area contributed by atoms with E-state index in [0.29, 0.717) is 0 Å². The van der Waals surface area contributed by atoms with E-state index in [2.05, 4.69) is 154 Å². The molecule has 2 aliphatic rings. The lowest BCUT2D eigenvalue weighted by atomic mass is 9.98. The van der Waals surface area contributed by atoms with Crippen molar-refractivity contribution in [3.63, 3.8) is 0 Å². The Labute approximate surface area is 313 Å². The Bertz CT molecular complexity index is 1240. The SMILES string of the molecule is C=C(C)C1=CCC(C2CC2)=N1.C=C(C)N(C)CCC.C=C(CCCCC)c1ccc(C)c(C)c1.CCCC.CCCC.Cc1ccccc1C. The first-order valence-electron chi connectivity index (χ1n) is 19.8. The summed E-state index contributed by atoms with van der Waals surface area (Å²) in [5, 5.41) is 0. The van der Waals surface area contributed by atoms with Crippen molar-refractivity contribution in [1.29, 1.82) is 0 Å². The monoisotopic (exact) mass is 685 g/mol. The number of rotatable bonds is 12. The maximum absolute atomic E-state index is 4.53. The predicted molar refractivity (Wildman–Crippen MR) is 232 cm³/mol. The highest BCUT2D eigenvalue weighted by Gasteiger charge is 2.28. The summed E-state index contributed by atoms with van der Waals surface area (Å²) in [7, 11) is 2.06. The number of allylic oxidation sites excluding steroid dienone is 4. The van der Waals surface area contributed by atoms with Gasteiger partial charge in [0.1, 0.15) is 0 Å². The second kappa shape index (κ2) is 30.7. The highest BCUT2D eigenvalue weighted by molar-refractivity contribution is 5.93. The number of unbranched alkanes of at least 4 members (excludes halogenated alkanes) is 4. The molecular weight excluding hydrogens is 605 g/mol. The van der Waals surface area contributed by atoms with E-state index in [1.165, 1.54) is 103 Å². The van der Waals surface area contributed by atoms with Gasteiger partial charge in [0, 0.05) is 31.4 Å². The molecule has 0 saturated heterocycles. The molecule has 2 aromatic rings. The van der Waals surface area contributed by atoms with Gasteiger partial charge in [-0.25, -0.2) is 0 Å². The summed E-state index contributed by atoms with van der Waals surface area (Å²) in [6, 6.07) is 15.0. The van der Waals surface area contributed by atoms with Gasteiger partial charge < -0.3 is 4.90 Å². The molecule has 1 aliphatic heterocycles. The van der Waals surface area contributed by atoms with Gasteiger partial charge in [-0.1, -0.05) is 148 Å². The normalized spacial score (nSPS) is 12.3. The van der Waals surface area contributed by atoms with Crippen LogP contribution in [0.4, 0.5) is 0 Å². The topological polar surface area (TPSA) is 15.6 Å². The summed E-state index contributed by atoms with van der Waals surface area (Å²) >= 11 is 0. The molecule has 1 aliphatic carbocycles. The van der Waals surface area contributed by atoms with Crippen molar-refractivity contribution in [2.24, 2.45) is 10.9 Å². The van der Waals surface area contributed by atoms with Crippen LogP contribution in [0.15, 0.2) is 90.2 Å². The molecule has 0 spiro atoms. The summed E-state index contributed by atoms with van der Waals surface area (Å²) in [6.07, 6.45) is 17.4. The summed E-state index contributed by atoms with van der Waals surface area (Å²) in [5.41, 5.74) is 12.8. The largest absolute Gasteiger partial charge is 0.379 e. The first-order valence-corrected chi connectivity index (χ1v) is 19.8. The fraction of sp³-hybridized carbons (Fsp3) is 0.562. The Kier molecular flexibility index (Phi) is 30.0. The first kappa shape index (κ1) is 49.0. The second-order valence-corrected chi connectivity index (χ2v) is 14.1. The molecule has 0 bridgehead atoms.